The lowest BCUT2D eigenvalue weighted by Crippen LogP contribution is -2.43. The van der Waals surface area contributed by atoms with E-state index in [1.165, 1.54) is 0 Å². The van der Waals surface area contributed by atoms with Crippen LogP contribution in [-0.4, -0.2) is 36.4 Å². The molecule has 0 saturated carbocycles. The maximum atomic E-state index is 11.1. The molecule has 90 valence electrons. The van der Waals surface area contributed by atoms with Crippen LogP contribution in [0.2, 0.25) is 0 Å². The zero-order valence-electron chi connectivity index (χ0n) is 10.0. The van der Waals surface area contributed by atoms with Crippen LogP contribution in [0.25, 0.3) is 0 Å². The predicted octanol–water partition coefficient (Wildman–Crippen LogP) is 1.08. The zero-order chi connectivity index (χ0) is 11.7. The molecule has 0 aromatic rings. The van der Waals surface area contributed by atoms with Crippen molar-refractivity contribution in [2.45, 2.75) is 45.6 Å². The molecule has 0 heterocycles. The normalized spacial score (nSPS) is 14.7. The molecule has 2 N–H and O–H groups in total. The SMILES string of the molecule is CCOC(=O)CCNC(C)(CC)CCO. The van der Waals surface area contributed by atoms with E-state index in [4.69, 9.17) is 9.84 Å². The van der Waals surface area contributed by atoms with Gasteiger partial charge in [-0.15, -0.1) is 0 Å². The standard InChI is InChI=1S/C11H23NO3/c1-4-11(3,7-9-13)12-8-6-10(14)15-5-2/h12-13H,4-9H2,1-3H3. The van der Waals surface area contributed by atoms with Gasteiger partial charge >= 0.3 is 5.97 Å². The Kier molecular flexibility index (Phi) is 7.34. The maximum absolute atomic E-state index is 11.1. The van der Waals surface area contributed by atoms with Gasteiger partial charge in [-0.2, -0.15) is 0 Å². The summed E-state index contributed by atoms with van der Waals surface area (Å²) in [6, 6.07) is 0. The van der Waals surface area contributed by atoms with E-state index in [0.29, 0.717) is 26.0 Å². The molecule has 0 amide bonds. The molecular formula is C11H23NO3. The Morgan fingerprint density at radius 3 is 2.60 bits per heavy atom. The van der Waals surface area contributed by atoms with Crippen LogP contribution in [0.1, 0.15) is 40.0 Å². The van der Waals surface area contributed by atoms with Gasteiger partial charge in [0.15, 0.2) is 0 Å². The number of rotatable bonds is 8. The largest absolute Gasteiger partial charge is 0.466 e. The summed E-state index contributed by atoms with van der Waals surface area (Å²) in [6.07, 6.45) is 2.01. The van der Waals surface area contributed by atoms with Gasteiger partial charge in [-0.05, 0) is 26.7 Å². The van der Waals surface area contributed by atoms with Gasteiger partial charge in [-0.25, -0.2) is 0 Å². The lowest BCUT2D eigenvalue weighted by Gasteiger charge is -2.28. The van der Waals surface area contributed by atoms with E-state index < -0.39 is 0 Å². The lowest BCUT2D eigenvalue weighted by atomic mass is 9.95. The minimum absolute atomic E-state index is 0.0821. The summed E-state index contributed by atoms with van der Waals surface area (Å²) in [7, 11) is 0. The number of nitrogens with one attached hydrogen (secondary N) is 1. The first-order valence-corrected chi connectivity index (χ1v) is 5.59. The second-order valence-corrected chi connectivity index (χ2v) is 3.87. The van der Waals surface area contributed by atoms with Gasteiger partial charge in [-0.3, -0.25) is 4.79 Å². The Hall–Kier alpha value is -0.610. The average Bonchev–Trinajstić information content (AvgIpc) is 2.18. The molecule has 0 aliphatic heterocycles. The Morgan fingerprint density at radius 2 is 2.13 bits per heavy atom. The third kappa shape index (κ3) is 6.47. The Balaban J connectivity index is 3.76. The summed E-state index contributed by atoms with van der Waals surface area (Å²) in [4.78, 5) is 11.1. The first kappa shape index (κ1) is 14.4. The van der Waals surface area contributed by atoms with E-state index >= 15 is 0 Å². The fourth-order valence-electron chi connectivity index (χ4n) is 1.34. The number of aliphatic hydroxyl groups is 1. The molecule has 0 saturated heterocycles. The molecule has 0 bridgehead atoms. The molecule has 0 radical (unpaired) electrons. The second-order valence-electron chi connectivity index (χ2n) is 3.87. The van der Waals surface area contributed by atoms with Gasteiger partial charge in [0.25, 0.3) is 0 Å². The van der Waals surface area contributed by atoms with Crippen molar-refractivity contribution in [3.8, 4) is 0 Å². The van der Waals surface area contributed by atoms with E-state index in [-0.39, 0.29) is 18.1 Å². The van der Waals surface area contributed by atoms with Crippen LogP contribution in [-0.2, 0) is 9.53 Å². The Labute approximate surface area is 92.0 Å². The topological polar surface area (TPSA) is 58.6 Å². The highest BCUT2D eigenvalue weighted by Crippen LogP contribution is 2.13. The summed E-state index contributed by atoms with van der Waals surface area (Å²) in [5.74, 6) is -0.174. The van der Waals surface area contributed by atoms with Crippen LogP contribution in [0.4, 0.5) is 0 Å². The second kappa shape index (κ2) is 7.65. The summed E-state index contributed by atoms with van der Waals surface area (Å²) < 4.78 is 4.82. The minimum Gasteiger partial charge on any atom is -0.466 e. The zero-order valence-corrected chi connectivity index (χ0v) is 10.0. The highest BCUT2D eigenvalue weighted by atomic mass is 16.5. The van der Waals surface area contributed by atoms with Crippen molar-refractivity contribution in [3.63, 3.8) is 0 Å². The molecule has 0 fully saturated rings. The average molecular weight is 217 g/mol. The minimum atomic E-state index is -0.174. The number of esters is 1. The van der Waals surface area contributed by atoms with E-state index in [1.807, 2.05) is 6.92 Å². The number of carbonyl (C=O) groups excluding carboxylic acids is 1. The van der Waals surface area contributed by atoms with Crippen molar-refractivity contribution in [1.82, 2.24) is 5.32 Å². The number of hydrogen-bond donors (Lipinski definition) is 2. The third-order valence-corrected chi connectivity index (χ3v) is 2.63. The van der Waals surface area contributed by atoms with Crippen molar-refractivity contribution in [1.29, 1.82) is 0 Å². The summed E-state index contributed by atoms with van der Waals surface area (Å²) in [5.41, 5.74) is -0.0821. The molecule has 0 spiro atoms. The first-order valence-electron chi connectivity index (χ1n) is 5.59. The Morgan fingerprint density at radius 1 is 1.47 bits per heavy atom. The van der Waals surface area contributed by atoms with Crippen molar-refractivity contribution in [2.24, 2.45) is 0 Å². The number of hydrogen-bond acceptors (Lipinski definition) is 4. The van der Waals surface area contributed by atoms with Crippen LogP contribution in [0.5, 0.6) is 0 Å². The number of aliphatic hydroxyl groups excluding tert-OH is 1. The summed E-state index contributed by atoms with van der Waals surface area (Å²) in [5, 5.41) is 12.2. The van der Waals surface area contributed by atoms with Gasteiger partial charge in [0.2, 0.25) is 0 Å². The molecule has 15 heavy (non-hydrogen) atoms. The smallest absolute Gasteiger partial charge is 0.307 e. The van der Waals surface area contributed by atoms with Gasteiger partial charge in [0, 0.05) is 18.7 Å². The van der Waals surface area contributed by atoms with E-state index in [9.17, 15) is 4.79 Å². The van der Waals surface area contributed by atoms with E-state index in [2.05, 4.69) is 12.2 Å². The fraction of sp³-hybridized carbons (Fsp3) is 0.909. The third-order valence-electron chi connectivity index (χ3n) is 2.63. The van der Waals surface area contributed by atoms with Gasteiger partial charge in [0.1, 0.15) is 0 Å². The number of carbonyl (C=O) groups is 1. The fourth-order valence-corrected chi connectivity index (χ4v) is 1.34. The van der Waals surface area contributed by atoms with Crippen molar-refractivity contribution in [3.05, 3.63) is 0 Å². The molecule has 0 aromatic carbocycles. The predicted molar refractivity (Wildman–Crippen MR) is 59.7 cm³/mol. The van der Waals surface area contributed by atoms with Crippen molar-refractivity contribution in [2.75, 3.05) is 19.8 Å². The molecule has 4 nitrogen and oxygen atoms in total. The van der Waals surface area contributed by atoms with E-state index in [1.54, 1.807) is 6.92 Å². The van der Waals surface area contributed by atoms with E-state index in [0.717, 1.165) is 6.42 Å². The molecule has 0 aliphatic carbocycles. The molecule has 0 rings (SSSR count). The van der Waals surface area contributed by atoms with Gasteiger partial charge in [0.05, 0.1) is 13.0 Å². The van der Waals surface area contributed by atoms with Crippen LogP contribution < -0.4 is 5.32 Å². The lowest BCUT2D eigenvalue weighted by molar-refractivity contribution is -0.143. The van der Waals surface area contributed by atoms with Gasteiger partial charge < -0.3 is 15.2 Å². The monoisotopic (exact) mass is 217 g/mol. The van der Waals surface area contributed by atoms with Crippen molar-refractivity contribution >= 4 is 5.97 Å². The quantitative estimate of drug-likeness (QED) is 0.597. The molecular weight excluding hydrogens is 194 g/mol. The summed E-state index contributed by atoms with van der Waals surface area (Å²) >= 11 is 0. The molecule has 0 aliphatic rings. The Bertz CT molecular complexity index is 185. The first-order chi connectivity index (χ1) is 7.08. The molecule has 1 atom stereocenters. The van der Waals surface area contributed by atoms with Crippen LogP contribution in [0.15, 0.2) is 0 Å². The molecule has 1 unspecified atom stereocenters. The van der Waals surface area contributed by atoms with Gasteiger partial charge in [-0.1, -0.05) is 6.92 Å². The van der Waals surface area contributed by atoms with Crippen molar-refractivity contribution < 1.29 is 14.6 Å². The highest BCUT2D eigenvalue weighted by Gasteiger charge is 2.20. The number of ether oxygens (including phenoxy) is 1. The maximum Gasteiger partial charge on any atom is 0.307 e. The molecule has 4 heteroatoms. The molecule has 0 aromatic heterocycles. The van der Waals surface area contributed by atoms with Crippen LogP contribution in [0, 0.1) is 0 Å². The van der Waals surface area contributed by atoms with Crippen LogP contribution in [0.3, 0.4) is 0 Å². The summed E-state index contributed by atoms with van der Waals surface area (Å²) in [6.45, 7) is 7.11. The van der Waals surface area contributed by atoms with Crippen LogP contribution >= 0.6 is 0 Å². The highest BCUT2D eigenvalue weighted by molar-refractivity contribution is 5.69.